The molecule has 0 spiro atoms. The molecule has 0 heterocycles. The first-order chi connectivity index (χ1) is 10.1. The molecular formula is C20H24OY2-2. The van der Waals surface area contributed by atoms with Gasteiger partial charge in [-0.1, -0.05) is 27.7 Å². The largest absolute Gasteiger partial charge is 0.372 e. The van der Waals surface area contributed by atoms with Crippen LogP contribution in [0, 0.1) is 11.8 Å². The first-order valence-corrected chi connectivity index (χ1v) is 7.43. The van der Waals surface area contributed by atoms with Gasteiger partial charge < -0.3 is 4.74 Å². The summed E-state index contributed by atoms with van der Waals surface area (Å²) in [5, 5.41) is 0. The van der Waals surface area contributed by atoms with Gasteiger partial charge in [-0.2, -0.15) is 47.2 Å². The van der Waals surface area contributed by atoms with E-state index in [1.165, 1.54) is 34.1 Å². The molecule has 0 fully saturated rings. The van der Waals surface area contributed by atoms with Crippen LogP contribution in [-0.2, 0) is 83.4 Å². The number of hydrogen-bond acceptors (Lipinski definition) is 1. The molecule has 0 amide bonds. The van der Waals surface area contributed by atoms with Crippen molar-refractivity contribution >= 4 is 0 Å². The Morgan fingerprint density at radius 1 is 0.609 bits per heavy atom. The van der Waals surface area contributed by atoms with Gasteiger partial charge in [0.2, 0.25) is 0 Å². The number of hydrogen-bond donors (Lipinski definition) is 0. The maximum Gasteiger partial charge on any atom is 0.0701 e. The van der Waals surface area contributed by atoms with Crippen LogP contribution in [0.1, 0.15) is 49.9 Å². The standard InChI is InChI=1S/C20H24O.2Y/c1-15(2)19-9-5-17(6-10-19)13-21-14-18-7-11-20(12-8-18)16(3)4;;/h5-12H,13-14H2,1-4H3;;/q-2;;. The van der Waals surface area contributed by atoms with Gasteiger partial charge in [0.05, 0.1) is 13.2 Å². The average molecular weight is 458 g/mol. The molecule has 0 atom stereocenters. The van der Waals surface area contributed by atoms with Gasteiger partial charge in [0.25, 0.3) is 0 Å². The van der Waals surface area contributed by atoms with E-state index in [2.05, 4.69) is 76.2 Å². The number of benzene rings is 2. The monoisotopic (exact) mass is 458 g/mol. The molecule has 118 valence electrons. The van der Waals surface area contributed by atoms with Gasteiger partial charge in [0.15, 0.2) is 0 Å². The fourth-order valence-electron chi connectivity index (χ4n) is 2.16. The molecule has 2 aromatic carbocycles. The Kier molecular flexibility index (Phi) is 12.0. The van der Waals surface area contributed by atoms with E-state index >= 15 is 0 Å². The fraction of sp³-hybridized carbons (Fsp3) is 0.300. The van der Waals surface area contributed by atoms with E-state index in [4.69, 9.17) is 4.74 Å². The zero-order valence-corrected chi connectivity index (χ0v) is 20.3. The minimum absolute atomic E-state index is 0. The third-order valence-electron chi connectivity index (χ3n) is 3.60. The fourth-order valence-corrected chi connectivity index (χ4v) is 2.16. The quantitative estimate of drug-likeness (QED) is 0.533. The van der Waals surface area contributed by atoms with E-state index in [1.54, 1.807) is 0 Å². The predicted molar refractivity (Wildman–Crippen MR) is 88.8 cm³/mol. The van der Waals surface area contributed by atoms with Crippen molar-refractivity contribution in [3.63, 3.8) is 0 Å². The molecule has 2 rings (SSSR count). The second-order valence-electron chi connectivity index (χ2n) is 5.89. The normalized spacial score (nSPS) is 9.57. The molecule has 1 nitrogen and oxygen atoms in total. The minimum Gasteiger partial charge on any atom is -0.372 e. The van der Waals surface area contributed by atoms with Crippen LogP contribution in [0.4, 0.5) is 0 Å². The van der Waals surface area contributed by atoms with Gasteiger partial charge >= 0.3 is 0 Å². The first kappa shape index (κ1) is 23.3. The van der Waals surface area contributed by atoms with E-state index < -0.39 is 0 Å². The Labute approximate surface area is 191 Å². The van der Waals surface area contributed by atoms with Crippen molar-refractivity contribution in [1.29, 1.82) is 0 Å². The Balaban J connectivity index is 0.00000242. The summed E-state index contributed by atoms with van der Waals surface area (Å²) >= 11 is 0. The summed E-state index contributed by atoms with van der Waals surface area (Å²) in [6, 6.07) is 17.2. The van der Waals surface area contributed by atoms with E-state index in [0.29, 0.717) is 13.2 Å². The zero-order chi connectivity index (χ0) is 15.2. The summed E-state index contributed by atoms with van der Waals surface area (Å²) in [6.07, 6.45) is 0. The van der Waals surface area contributed by atoms with Gasteiger partial charge in [-0.3, -0.25) is 0 Å². The summed E-state index contributed by atoms with van der Waals surface area (Å²) in [5.41, 5.74) is 5.02. The van der Waals surface area contributed by atoms with Crippen molar-refractivity contribution in [2.75, 3.05) is 0 Å². The van der Waals surface area contributed by atoms with Crippen molar-refractivity contribution in [2.24, 2.45) is 0 Å². The summed E-state index contributed by atoms with van der Waals surface area (Å²) in [6.45, 7) is 9.83. The third kappa shape index (κ3) is 7.84. The molecule has 0 bridgehead atoms. The summed E-state index contributed by atoms with van der Waals surface area (Å²) in [7, 11) is 0. The Bertz CT molecular complexity index is 493. The molecule has 0 aromatic heterocycles. The van der Waals surface area contributed by atoms with Crippen LogP contribution in [0.25, 0.3) is 0 Å². The summed E-state index contributed by atoms with van der Waals surface area (Å²) in [5.74, 6) is 2.68. The number of ether oxygens (including phenoxy) is 1. The maximum absolute atomic E-state index is 5.79. The molecule has 0 aliphatic heterocycles. The SMILES string of the molecule is C[C-](C)c1ccc(COCc2ccc([C-](C)C)cc2)cc1.[Y].[Y]. The van der Waals surface area contributed by atoms with Gasteiger partial charge in [-0.15, -0.1) is 24.3 Å². The van der Waals surface area contributed by atoms with Crippen LogP contribution in [0.3, 0.4) is 0 Å². The minimum atomic E-state index is 0. The van der Waals surface area contributed by atoms with Crippen LogP contribution < -0.4 is 0 Å². The molecular weight excluding hydrogens is 434 g/mol. The van der Waals surface area contributed by atoms with E-state index in [1.807, 2.05) is 0 Å². The zero-order valence-electron chi connectivity index (χ0n) is 14.6. The number of rotatable bonds is 6. The Morgan fingerprint density at radius 3 is 1.17 bits per heavy atom. The van der Waals surface area contributed by atoms with Crippen molar-refractivity contribution in [3.8, 4) is 0 Å². The van der Waals surface area contributed by atoms with Crippen molar-refractivity contribution in [2.45, 2.75) is 40.9 Å². The van der Waals surface area contributed by atoms with Crippen LogP contribution in [0.2, 0.25) is 0 Å². The van der Waals surface area contributed by atoms with E-state index in [0.717, 1.165) is 0 Å². The first-order valence-electron chi connectivity index (χ1n) is 7.43. The molecule has 0 unspecified atom stereocenters. The third-order valence-corrected chi connectivity index (χ3v) is 3.60. The van der Waals surface area contributed by atoms with Gasteiger partial charge in [0.1, 0.15) is 0 Å². The van der Waals surface area contributed by atoms with Crippen molar-refractivity contribution in [3.05, 3.63) is 82.6 Å². The molecule has 3 heteroatoms. The molecule has 0 aliphatic rings. The molecule has 0 saturated heterocycles. The summed E-state index contributed by atoms with van der Waals surface area (Å²) in [4.78, 5) is 0. The second-order valence-corrected chi connectivity index (χ2v) is 5.89. The van der Waals surface area contributed by atoms with Gasteiger partial charge in [-0.25, -0.2) is 0 Å². The molecule has 23 heavy (non-hydrogen) atoms. The van der Waals surface area contributed by atoms with E-state index in [9.17, 15) is 0 Å². The van der Waals surface area contributed by atoms with Crippen molar-refractivity contribution < 1.29 is 70.2 Å². The van der Waals surface area contributed by atoms with Gasteiger partial charge in [-0.05, 0) is 11.1 Å². The van der Waals surface area contributed by atoms with Gasteiger partial charge in [0, 0.05) is 65.4 Å². The second kappa shape index (κ2) is 11.8. The average Bonchev–Trinajstić information content (AvgIpc) is 2.48. The molecule has 0 saturated carbocycles. The van der Waals surface area contributed by atoms with E-state index in [-0.39, 0.29) is 65.4 Å². The smallest absolute Gasteiger partial charge is 0.0701 e. The van der Waals surface area contributed by atoms with Crippen LogP contribution in [0.5, 0.6) is 0 Å². The van der Waals surface area contributed by atoms with Crippen molar-refractivity contribution in [1.82, 2.24) is 0 Å². The molecule has 2 radical (unpaired) electrons. The molecule has 2 aromatic rings. The molecule has 0 aliphatic carbocycles. The van der Waals surface area contributed by atoms with Crippen LogP contribution in [-0.4, -0.2) is 0 Å². The maximum atomic E-state index is 5.79. The molecule has 0 N–H and O–H groups in total. The van der Waals surface area contributed by atoms with Crippen LogP contribution >= 0.6 is 0 Å². The Morgan fingerprint density at radius 2 is 0.913 bits per heavy atom. The summed E-state index contributed by atoms with van der Waals surface area (Å²) < 4.78 is 5.79. The van der Waals surface area contributed by atoms with Crippen LogP contribution in [0.15, 0.2) is 48.5 Å². The Hall–Kier alpha value is 0.348. The topological polar surface area (TPSA) is 9.23 Å². The predicted octanol–water partition coefficient (Wildman–Crippen LogP) is 5.32.